The molecule has 0 saturated heterocycles. The van der Waals surface area contributed by atoms with E-state index in [0.717, 1.165) is 6.54 Å². The normalized spacial score (nSPS) is 13.4. The molecule has 1 nitrogen and oxygen atoms in total. The molecule has 0 saturated carbocycles. The van der Waals surface area contributed by atoms with Crippen molar-refractivity contribution in [3.8, 4) is 0 Å². The molecule has 70 valence electrons. The number of hydrogen-bond acceptors (Lipinski definition) is 1. The van der Waals surface area contributed by atoms with Gasteiger partial charge in [-0.2, -0.15) is 0 Å². The van der Waals surface area contributed by atoms with Gasteiger partial charge in [0.2, 0.25) is 0 Å². The van der Waals surface area contributed by atoms with Crippen molar-refractivity contribution in [2.24, 2.45) is 0 Å². The van der Waals surface area contributed by atoms with Gasteiger partial charge in [0.05, 0.1) is 0 Å². The zero-order chi connectivity index (χ0) is 9.52. The number of halogens is 1. The van der Waals surface area contributed by atoms with E-state index in [4.69, 9.17) is 11.6 Å². The Morgan fingerprint density at radius 1 is 1.38 bits per heavy atom. The van der Waals surface area contributed by atoms with E-state index in [9.17, 15) is 0 Å². The summed E-state index contributed by atoms with van der Waals surface area (Å²) in [5, 5.41) is 3.33. The van der Waals surface area contributed by atoms with E-state index < -0.39 is 0 Å². The van der Waals surface area contributed by atoms with Gasteiger partial charge in [0.1, 0.15) is 0 Å². The van der Waals surface area contributed by atoms with E-state index in [1.807, 2.05) is 24.3 Å². The van der Waals surface area contributed by atoms with Gasteiger partial charge in [-0.15, -0.1) is 0 Å². The third kappa shape index (κ3) is 3.62. The summed E-state index contributed by atoms with van der Waals surface area (Å²) in [6.07, 6.45) is 1.89. The maximum absolute atomic E-state index is 5.41. The number of nitrogens with one attached hydrogen (secondary N) is 1. The molecule has 0 fully saturated rings. The Balaban J connectivity index is 2.44. The van der Waals surface area contributed by atoms with E-state index in [0.29, 0.717) is 6.04 Å². The smallest absolute Gasteiger partial charge is 0.0294 e. The lowest BCUT2D eigenvalue weighted by atomic mass is 10.1. The largest absolute Gasteiger partial charge is 0.307 e. The van der Waals surface area contributed by atoms with Crippen LogP contribution in [0.25, 0.3) is 0 Å². The van der Waals surface area contributed by atoms with Crippen molar-refractivity contribution in [2.75, 3.05) is 6.54 Å². The van der Waals surface area contributed by atoms with Crippen molar-refractivity contribution in [1.82, 2.24) is 5.32 Å². The lowest BCUT2D eigenvalue weighted by Crippen LogP contribution is -2.18. The summed E-state index contributed by atoms with van der Waals surface area (Å²) in [6, 6.07) is 10.7. The van der Waals surface area contributed by atoms with Crippen LogP contribution in [0, 0.1) is 0 Å². The highest BCUT2D eigenvalue weighted by Gasteiger charge is 2.00. The zero-order valence-corrected chi connectivity index (χ0v) is 8.46. The van der Waals surface area contributed by atoms with Crippen LogP contribution in [0.3, 0.4) is 0 Å². The third-order valence-electron chi connectivity index (χ3n) is 1.93. The van der Waals surface area contributed by atoms with Gasteiger partial charge in [-0.25, -0.2) is 0 Å². The van der Waals surface area contributed by atoms with Crippen LogP contribution in [-0.4, -0.2) is 6.54 Å². The minimum absolute atomic E-state index is 0.370. The molecular formula is C11H14ClN. The highest BCUT2D eigenvalue weighted by atomic mass is 35.5. The van der Waals surface area contributed by atoms with Crippen molar-refractivity contribution in [3.63, 3.8) is 0 Å². The van der Waals surface area contributed by atoms with E-state index in [1.165, 1.54) is 11.1 Å². The van der Waals surface area contributed by atoms with Crippen molar-refractivity contribution in [3.05, 3.63) is 47.5 Å². The van der Waals surface area contributed by atoms with Crippen LogP contribution in [0.4, 0.5) is 0 Å². The molecule has 1 aromatic carbocycles. The minimum atomic E-state index is 0.370. The molecule has 1 rings (SSSR count). The molecule has 0 radical (unpaired) electrons. The molecule has 1 aromatic rings. The monoisotopic (exact) mass is 195 g/mol. The first-order valence-electron chi connectivity index (χ1n) is 4.38. The second-order valence-corrected chi connectivity index (χ2v) is 3.15. The molecule has 13 heavy (non-hydrogen) atoms. The highest BCUT2D eigenvalue weighted by molar-refractivity contribution is 6.25. The van der Waals surface area contributed by atoms with Crippen LogP contribution < -0.4 is 5.32 Å². The molecule has 0 spiro atoms. The van der Waals surface area contributed by atoms with Crippen LogP contribution in [-0.2, 0) is 0 Å². The first-order valence-corrected chi connectivity index (χ1v) is 4.82. The Kier molecular flexibility index (Phi) is 4.58. The fourth-order valence-electron chi connectivity index (χ4n) is 1.15. The SMILES string of the molecule is C[C@H](NC/C=C/Cl)c1ccccc1. The molecule has 2 heteroatoms. The molecule has 0 aliphatic rings. The van der Waals surface area contributed by atoms with Gasteiger partial charge in [0, 0.05) is 18.1 Å². The van der Waals surface area contributed by atoms with E-state index in [-0.39, 0.29) is 0 Å². The van der Waals surface area contributed by atoms with Crippen molar-refractivity contribution < 1.29 is 0 Å². The fourth-order valence-corrected chi connectivity index (χ4v) is 1.24. The van der Waals surface area contributed by atoms with Crippen molar-refractivity contribution in [1.29, 1.82) is 0 Å². The molecule has 0 bridgehead atoms. The molecule has 0 heterocycles. The molecule has 1 N–H and O–H groups in total. The van der Waals surface area contributed by atoms with E-state index >= 15 is 0 Å². The molecule has 0 amide bonds. The summed E-state index contributed by atoms with van der Waals surface area (Å²) in [5.74, 6) is 0. The Morgan fingerprint density at radius 3 is 2.69 bits per heavy atom. The first-order chi connectivity index (χ1) is 6.34. The molecule has 0 aliphatic carbocycles. The molecule has 0 aliphatic heterocycles. The average molecular weight is 196 g/mol. The summed E-state index contributed by atoms with van der Waals surface area (Å²) in [4.78, 5) is 0. The summed E-state index contributed by atoms with van der Waals surface area (Å²) in [6.45, 7) is 2.94. The maximum Gasteiger partial charge on any atom is 0.0294 e. The van der Waals surface area contributed by atoms with Gasteiger partial charge < -0.3 is 5.32 Å². The van der Waals surface area contributed by atoms with Crippen LogP contribution in [0.15, 0.2) is 41.9 Å². The summed E-state index contributed by atoms with van der Waals surface area (Å²) in [5.41, 5.74) is 2.83. The van der Waals surface area contributed by atoms with Crippen LogP contribution >= 0.6 is 11.6 Å². The fraction of sp³-hybridized carbons (Fsp3) is 0.273. The third-order valence-corrected chi connectivity index (χ3v) is 2.11. The summed E-state index contributed by atoms with van der Waals surface area (Å²) >= 11 is 5.41. The minimum Gasteiger partial charge on any atom is -0.307 e. The van der Waals surface area contributed by atoms with Crippen molar-refractivity contribution in [2.45, 2.75) is 13.0 Å². The van der Waals surface area contributed by atoms with Crippen LogP contribution in [0.1, 0.15) is 18.5 Å². The molecule has 0 aromatic heterocycles. The molecule has 1 atom stereocenters. The summed E-state index contributed by atoms with van der Waals surface area (Å²) < 4.78 is 0. The van der Waals surface area contributed by atoms with Gasteiger partial charge in [0.15, 0.2) is 0 Å². The standard InChI is InChI=1S/C11H14ClN/c1-10(13-9-5-8-12)11-6-3-2-4-7-11/h2-8,10,13H,9H2,1H3/b8-5+/t10-/m0/s1. The van der Waals surface area contributed by atoms with Gasteiger partial charge in [-0.05, 0) is 12.5 Å². The first kappa shape index (κ1) is 10.3. The quantitative estimate of drug-likeness (QED) is 0.779. The number of rotatable bonds is 4. The topological polar surface area (TPSA) is 12.0 Å². The molecule has 0 unspecified atom stereocenters. The Bertz CT molecular complexity index is 256. The predicted octanol–water partition coefficient (Wildman–Crippen LogP) is 3.09. The van der Waals surface area contributed by atoms with Gasteiger partial charge in [0.25, 0.3) is 0 Å². The lowest BCUT2D eigenvalue weighted by Gasteiger charge is -2.11. The Morgan fingerprint density at radius 2 is 2.08 bits per heavy atom. The summed E-state index contributed by atoms with van der Waals surface area (Å²) in [7, 11) is 0. The van der Waals surface area contributed by atoms with Crippen molar-refractivity contribution >= 4 is 11.6 Å². The van der Waals surface area contributed by atoms with Gasteiger partial charge in [-0.3, -0.25) is 0 Å². The van der Waals surface area contributed by atoms with Crippen LogP contribution in [0.5, 0.6) is 0 Å². The van der Waals surface area contributed by atoms with E-state index in [1.54, 1.807) is 0 Å². The van der Waals surface area contributed by atoms with Gasteiger partial charge in [-0.1, -0.05) is 48.0 Å². The lowest BCUT2D eigenvalue weighted by molar-refractivity contribution is 0.617. The van der Waals surface area contributed by atoms with E-state index in [2.05, 4.69) is 24.4 Å². The second kappa shape index (κ2) is 5.79. The highest BCUT2D eigenvalue weighted by Crippen LogP contribution is 2.10. The number of benzene rings is 1. The second-order valence-electron chi connectivity index (χ2n) is 2.90. The molecular weight excluding hydrogens is 182 g/mol. The predicted molar refractivity (Wildman–Crippen MR) is 57.9 cm³/mol. The van der Waals surface area contributed by atoms with Gasteiger partial charge >= 0.3 is 0 Å². The Labute approximate surface area is 84.4 Å². The zero-order valence-electron chi connectivity index (χ0n) is 7.70. The Hall–Kier alpha value is -0.790. The van der Waals surface area contributed by atoms with Crippen LogP contribution in [0.2, 0.25) is 0 Å². The maximum atomic E-state index is 5.41. The average Bonchev–Trinajstić information content (AvgIpc) is 2.19. The number of hydrogen-bond donors (Lipinski definition) is 1.